The van der Waals surface area contributed by atoms with E-state index in [9.17, 15) is 8.42 Å². The first-order chi connectivity index (χ1) is 9.53. The molecule has 1 aliphatic heterocycles. The van der Waals surface area contributed by atoms with E-state index < -0.39 is 10.0 Å². The molecule has 1 aromatic carbocycles. The molecule has 0 spiro atoms. The third kappa shape index (κ3) is 3.71. The van der Waals surface area contributed by atoms with Crippen molar-refractivity contribution < 1.29 is 13.2 Å². The highest BCUT2D eigenvalue weighted by molar-refractivity contribution is 7.89. The number of benzene rings is 1. The summed E-state index contributed by atoms with van der Waals surface area (Å²) in [5.41, 5.74) is 7.35. The monoisotopic (exact) mass is 298 g/mol. The normalized spacial score (nSPS) is 19.6. The van der Waals surface area contributed by atoms with Crippen LogP contribution in [-0.2, 0) is 21.3 Å². The quantitative estimate of drug-likeness (QED) is 0.810. The summed E-state index contributed by atoms with van der Waals surface area (Å²) in [6, 6.07) is 7.36. The summed E-state index contributed by atoms with van der Waals surface area (Å²) in [4.78, 5) is 0. The summed E-state index contributed by atoms with van der Waals surface area (Å²) in [5, 5.41) is 0. The van der Waals surface area contributed by atoms with Crippen molar-refractivity contribution in [2.24, 2.45) is 0 Å². The second kappa shape index (κ2) is 6.56. The average molecular weight is 298 g/mol. The number of rotatable bonds is 6. The lowest BCUT2D eigenvalue weighted by Crippen LogP contribution is -2.36. The van der Waals surface area contributed by atoms with Crippen LogP contribution in [0.1, 0.15) is 25.3 Å². The van der Waals surface area contributed by atoms with Crippen LogP contribution in [0.5, 0.6) is 0 Å². The topological polar surface area (TPSA) is 72.6 Å². The number of nitrogen functional groups attached to an aromatic ring is 1. The van der Waals surface area contributed by atoms with Gasteiger partial charge in [0.05, 0.1) is 11.9 Å². The zero-order valence-electron chi connectivity index (χ0n) is 11.8. The molecule has 1 aromatic rings. The molecule has 5 nitrogen and oxygen atoms in total. The Bertz CT molecular complexity index is 539. The van der Waals surface area contributed by atoms with E-state index >= 15 is 0 Å². The fourth-order valence-electron chi connectivity index (χ4n) is 2.39. The summed E-state index contributed by atoms with van der Waals surface area (Å²) >= 11 is 0. The molecule has 20 heavy (non-hydrogen) atoms. The van der Waals surface area contributed by atoms with Gasteiger partial charge in [-0.05, 0) is 24.5 Å². The Kier molecular flexibility index (Phi) is 5.01. The van der Waals surface area contributed by atoms with Crippen LogP contribution in [0.3, 0.4) is 0 Å². The maximum Gasteiger partial charge on any atom is 0.216 e. The van der Waals surface area contributed by atoms with Crippen molar-refractivity contribution in [2.75, 3.05) is 24.6 Å². The summed E-state index contributed by atoms with van der Waals surface area (Å²) < 4.78 is 31.8. The summed E-state index contributed by atoms with van der Waals surface area (Å²) in [6.45, 7) is 3.26. The maximum absolute atomic E-state index is 12.4. The van der Waals surface area contributed by atoms with Crippen molar-refractivity contribution in [3.8, 4) is 0 Å². The van der Waals surface area contributed by atoms with E-state index in [1.54, 1.807) is 6.07 Å². The molecule has 1 atom stereocenters. The summed E-state index contributed by atoms with van der Waals surface area (Å²) in [6.07, 6.45) is 1.60. The smallest absolute Gasteiger partial charge is 0.216 e. The summed E-state index contributed by atoms with van der Waals surface area (Å²) in [7, 11) is -3.32. The van der Waals surface area contributed by atoms with Gasteiger partial charge in [0.15, 0.2) is 0 Å². The van der Waals surface area contributed by atoms with Gasteiger partial charge in [-0.1, -0.05) is 25.1 Å². The van der Waals surface area contributed by atoms with Gasteiger partial charge in [-0.2, -0.15) is 4.31 Å². The van der Waals surface area contributed by atoms with Gasteiger partial charge in [0.1, 0.15) is 0 Å². The van der Waals surface area contributed by atoms with E-state index in [1.165, 1.54) is 4.31 Å². The molecule has 2 N–H and O–H groups in total. The van der Waals surface area contributed by atoms with E-state index in [0.717, 1.165) is 18.4 Å². The number of para-hydroxylation sites is 1. The van der Waals surface area contributed by atoms with Crippen molar-refractivity contribution >= 4 is 15.7 Å². The fourth-order valence-corrected chi connectivity index (χ4v) is 4.06. The zero-order valence-corrected chi connectivity index (χ0v) is 12.6. The zero-order chi connectivity index (χ0) is 14.6. The highest BCUT2D eigenvalue weighted by Gasteiger charge is 2.28. The molecule has 0 amide bonds. The predicted molar refractivity (Wildman–Crippen MR) is 79.7 cm³/mol. The highest BCUT2D eigenvalue weighted by Crippen LogP contribution is 2.19. The number of hydrogen-bond acceptors (Lipinski definition) is 4. The first kappa shape index (κ1) is 15.3. The Balaban J connectivity index is 2.08. The van der Waals surface area contributed by atoms with E-state index in [-0.39, 0.29) is 11.9 Å². The lowest BCUT2D eigenvalue weighted by Gasteiger charge is -2.23. The summed E-state index contributed by atoms with van der Waals surface area (Å²) in [5.74, 6) is 0.0631. The molecule has 1 saturated heterocycles. The Morgan fingerprint density at radius 3 is 2.75 bits per heavy atom. The maximum atomic E-state index is 12.4. The molecule has 112 valence electrons. The van der Waals surface area contributed by atoms with E-state index in [1.807, 2.05) is 25.1 Å². The van der Waals surface area contributed by atoms with E-state index in [4.69, 9.17) is 10.5 Å². The van der Waals surface area contributed by atoms with Gasteiger partial charge in [-0.25, -0.2) is 8.42 Å². The molecule has 6 heteroatoms. The molecule has 1 fully saturated rings. The van der Waals surface area contributed by atoms with Crippen molar-refractivity contribution in [3.63, 3.8) is 0 Å². The predicted octanol–water partition coefficient (Wildman–Crippen LogP) is 1.60. The number of nitrogens with zero attached hydrogens (tertiary/aromatic N) is 1. The lowest BCUT2D eigenvalue weighted by atomic mass is 10.2. The van der Waals surface area contributed by atoms with E-state index in [0.29, 0.717) is 25.4 Å². The molecule has 1 aliphatic rings. The number of sulfonamides is 1. The number of ether oxygens (including phenoxy) is 1. The van der Waals surface area contributed by atoms with Crippen LogP contribution in [0.25, 0.3) is 0 Å². The second-order valence-electron chi connectivity index (χ2n) is 5.04. The van der Waals surface area contributed by atoms with E-state index in [2.05, 4.69) is 0 Å². The molecular formula is C14H22N2O3S. The molecular weight excluding hydrogens is 276 g/mol. The molecule has 0 aliphatic carbocycles. The minimum atomic E-state index is -3.32. The van der Waals surface area contributed by atoms with Crippen LogP contribution in [-0.4, -0.2) is 37.7 Å². The third-order valence-electron chi connectivity index (χ3n) is 3.57. The van der Waals surface area contributed by atoms with Gasteiger partial charge in [-0.3, -0.25) is 0 Å². The van der Waals surface area contributed by atoms with Gasteiger partial charge in [0.25, 0.3) is 0 Å². The average Bonchev–Trinajstić information content (AvgIpc) is 2.89. The van der Waals surface area contributed by atoms with Crippen LogP contribution >= 0.6 is 0 Å². The molecule has 1 unspecified atom stereocenters. The van der Waals surface area contributed by atoms with Crippen molar-refractivity contribution in [1.29, 1.82) is 0 Å². The SMILES string of the molecule is CCN(Cc1ccccc1N)S(=O)(=O)CC1CCCO1. The molecule has 0 saturated carbocycles. The highest BCUT2D eigenvalue weighted by atomic mass is 32.2. The third-order valence-corrected chi connectivity index (χ3v) is 5.54. The first-order valence-electron chi connectivity index (χ1n) is 6.95. The van der Waals surface area contributed by atoms with Gasteiger partial charge in [-0.15, -0.1) is 0 Å². The number of nitrogens with two attached hydrogens (primary N) is 1. The Morgan fingerprint density at radius 2 is 2.15 bits per heavy atom. The Morgan fingerprint density at radius 1 is 1.40 bits per heavy atom. The molecule has 2 rings (SSSR count). The lowest BCUT2D eigenvalue weighted by molar-refractivity contribution is 0.126. The minimum Gasteiger partial charge on any atom is -0.398 e. The second-order valence-corrected chi connectivity index (χ2v) is 7.05. The standard InChI is InChI=1S/C14H22N2O3S/c1-2-16(10-12-6-3-4-8-14(12)15)20(17,18)11-13-7-5-9-19-13/h3-4,6,8,13H,2,5,7,9-11,15H2,1H3. The molecule has 0 aromatic heterocycles. The van der Waals surface area contributed by atoms with Crippen LogP contribution in [0.2, 0.25) is 0 Å². The molecule has 0 bridgehead atoms. The van der Waals surface area contributed by atoms with Crippen LogP contribution in [0.4, 0.5) is 5.69 Å². The largest absolute Gasteiger partial charge is 0.398 e. The Hall–Kier alpha value is -1.11. The van der Waals surface area contributed by atoms with Crippen molar-refractivity contribution in [1.82, 2.24) is 4.31 Å². The van der Waals surface area contributed by atoms with Gasteiger partial charge < -0.3 is 10.5 Å². The molecule has 1 heterocycles. The van der Waals surface area contributed by atoms with Crippen molar-refractivity contribution in [2.45, 2.75) is 32.4 Å². The van der Waals surface area contributed by atoms with Gasteiger partial charge in [0, 0.05) is 25.4 Å². The molecule has 0 radical (unpaired) electrons. The van der Waals surface area contributed by atoms with Crippen LogP contribution in [0.15, 0.2) is 24.3 Å². The number of hydrogen-bond donors (Lipinski definition) is 1. The Labute approximate surface area is 120 Å². The van der Waals surface area contributed by atoms with Crippen LogP contribution in [0, 0.1) is 0 Å². The van der Waals surface area contributed by atoms with Gasteiger partial charge in [0.2, 0.25) is 10.0 Å². The fraction of sp³-hybridized carbons (Fsp3) is 0.571. The minimum absolute atomic E-state index is 0.0631. The number of anilines is 1. The van der Waals surface area contributed by atoms with Crippen molar-refractivity contribution in [3.05, 3.63) is 29.8 Å². The van der Waals surface area contributed by atoms with Gasteiger partial charge >= 0.3 is 0 Å². The van der Waals surface area contributed by atoms with Crippen LogP contribution < -0.4 is 5.73 Å². The first-order valence-corrected chi connectivity index (χ1v) is 8.56.